The molecule has 0 aliphatic carbocycles. The van der Waals surface area contributed by atoms with Crippen LogP contribution in [-0.2, 0) is 10.0 Å². The Balaban J connectivity index is 1.88. The van der Waals surface area contributed by atoms with Crippen LogP contribution in [0.5, 0.6) is 0 Å². The van der Waals surface area contributed by atoms with Crippen molar-refractivity contribution in [1.82, 2.24) is 4.72 Å². The monoisotopic (exact) mass is 346 g/mol. The van der Waals surface area contributed by atoms with Crippen molar-refractivity contribution in [3.8, 4) is 0 Å². The zero-order chi connectivity index (χ0) is 16.9. The molecule has 2 heterocycles. The van der Waals surface area contributed by atoms with E-state index in [1.54, 1.807) is 18.2 Å². The van der Waals surface area contributed by atoms with Gasteiger partial charge in [-0.15, -0.1) is 0 Å². The highest BCUT2D eigenvalue weighted by Crippen LogP contribution is 2.30. The summed E-state index contributed by atoms with van der Waals surface area (Å²) in [5, 5.41) is 2.99. The van der Waals surface area contributed by atoms with E-state index in [1.807, 2.05) is 0 Å². The molecule has 1 aliphatic heterocycles. The van der Waals surface area contributed by atoms with Crippen LogP contribution in [0.15, 0.2) is 62.8 Å². The van der Waals surface area contributed by atoms with Gasteiger partial charge in [-0.3, -0.25) is 4.79 Å². The number of halogens is 1. The second-order valence-corrected chi connectivity index (χ2v) is 7.04. The number of sulfonamides is 1. The quantitative estimate of drug-likeness (QED) is 0.706. The molecule has 1 atom stereocenters. The molecule has 0 unspecified atom stereocenters. The van der Waals surface area contributed by atoms with Crippen LogP contribution in [0.25, 0.3) is 11.0 Å². The van der Waals surface area contributed by atoms with Gasteiger partial charge in [0.15, 0.2) is 5.43 Å². The van der Waals surface area contributed by atoms with Crippen molar-refractivity contribution in [3.63, 3.8) is 0 Å². The molecule has 4 rings (SSSR count). The van der Waals surface area contributed by atoms with Crippen LogP contribution in [0.1, 0.15) is 11.7 Å². The van der Waals surface area contributed by atoms with Gasteiger partial charge in [-0.1, -0.05) is 12.1 Å². The lowest BCUT2D eigenvalue weighted by molar-refractivity contribution is 0.547. The van der Waals surface area contributed by atoms with Crippen molar-refractivity contribution in [2.24, 2.45) is 0 Å². The molecule has 0 fully saturated rings. The van der Waals surface area contributed by atoms with E-state index in [1.165, 1.54) is 24.5 Å². The third kappa shape index (κ3) is 2.27. The summed E-state index contributed by atoms with van der Waals surface area (Å²) in [5.41, 5.74) is 0.144. The first-order chi connectivity index (χ1) is 11.5. The molecule has 122 valence electrons. The fourth-order valence-electron chi connectivity index (χ4n) is 2.68. The topological polar surface area (TPSA) is 88.4 Å². The van der Waals surface area contributed by atoms with Gasteiger partial charge in [-0.05, 0) is 30.3 Å². The number of anilines is 1. The molecule has 1 aliphatic rings. The Morgan fingerprint density at radius 2 is 1.92 bits per heavy atom. The minimum atomic E-state index is -3.78. The van der Waals surface area contributed by atoms with Crippen LogP contribution in [0.3, 0.4) is 0 Å². The zero-order valence-electron chi connectivity index (χ0n) is 12.1. The zero-order valence-corrected chi connectivity index (χ0v) is 12.9. The average Bonchev–Trinajstić information content (AvgIpc) is 2.55. The van der Waals surface area contributed by atoms with E-state index < -0.39 is 27.4 Å². The van der Waals surface area contributed by atoms with E-state index in [4.69, 9.17) is 4.42 Å². The van der Waals surface area contributed by atoms with Gasteiger partial charge >= 0.3 is 0 Å². The fourth-order valence-corrected chi connectivity index (χ4v) is 3.98. The van der Waals surface area contributed by atoms with Gasteiger partial charge in [0, 0.05) is 0 Å². The molecule has 3 aromatic rings. The molecule has 0 spiro atoms. The van der Waals surface area contributed by atoms with Gasteiger partial charge in [-0.2, -0.15) is 4.72 Å². The second kappa shape index (κ2) is 5.15. The van der Waals surface area contributed by atoms with Gasteiger partial charge in [0.1, 0.15) is 28.7 Å². The van der Waals surface area contributed by atoms with Crippen LogP contribution >= 0.6 is 0 Å². The summed E-state index contributed by atoms with van der Waals surface area (Å²) in [6, 6.07) is 9.94. The van der Waals surface area contributed by atoms with Crippen molar-refractivity contribution in [3.05, 3.63) is 70.3 Å². The Kier molecular flexibility index (Phi) is 3.19. The summed E-state index contributed by atoms with van der Waals surface area (Å²) in [6.45, 7) is 0. The standard InChI is InChI=1S/C16H11FN2O4S/c17-9-5-6-13-10(7-9)15(20)11(8-23-13)16-18-12-3-1-2-4-14(12)24(21,22)19-16/h1-8,16,18-19H/t16-/m0/s1. The van der Waals surface area contributed by atoms with Crippen LogP contribution in [0, 0.1) is 5.82 Å². The lowest BCUT2D eigenvalue weighted by atomic mass is 10.1. The first-order valence-electron chi connectivity index (χ1n) is 7.04. The van der Waals surface area contributed by atoms with Crippen LogP contribution in [0.2, 0.25) is 0 Å². The van der Waals surface area contributed by atoms with Crippen LogP contribution < -0.4 is 15.5 Å². The van der Waals surface area contributed by atoms with E-state index >= 15 is 0 Å². The highest BCUT2D eigenvalue weighted by Gasteiger charge is 2.31. The number of hydrogen-bond acceptors (Lipinski definition) is 5. The smallest absolute Gasteiger partial charge is 0.244 e. The second-order valence-electron chi connectivity index (χ2n) is 5.36. The molecule has 0 saturated carbocycles. The number of para-hydroxylation sites is 1. The molecule has 2 aromatic carbocycles. The molecule has 0 bridgehead atoms. The van der Waals surface area contributed by atoms with E-state index in [2.05, 4.69) is 10.0 Å². The van der Waals surface area contributed by atoms with Crippen molar-refractivity contribution in [2.75, 3.05) is 5.32 Å². The number of rotatable bonds is 1. The third-order valence-electron chi connectivity index (χ3n) is 3.82. The summed E-state index contributed by atoms with van der Waals surface area (Å²) in [4.78, 5) is 12.7. The van der Waals surface area contributed by atoms with E-state index in [-0.39, 0.29) is 21.4 Å². The number of benzene rings is 2. The lowest BCUT2D eigenvalue weighted by Gasteiger charge is -2.27. The molecule has 1 aromatic heterocycles. The van der Waals surface area contributed by atoms with Gasteiger partial charge in [0.25, 0.3) is 0 Å². The summed E-state index contributed by atoms with van der Waals surface area (Å²) in [7, 11) is -3.78. The first-order valence-corrected chi connectivity index (χ1v) is 8.53. The molecule has 0 saturated heterocycles. The molecule has 8 heteroatoms. The predicted octanol–water partition coefficient (Wildman–Crippen LogP) is 2.33. The highest BCUT2D eigenvalue weighted by atomic mass is 32.2. The van der Waals surface area contributed by atoms with E-state index in [9.17, 15) is 17.6 Å². The summed E-state index contributed by atoms with van der Waals surface area (Å²) < 4.78 is 45.8. The van der Waals surface area contributed by atoms with E-state index in [0.29, 0.717) is 5.69 Å². The Bertz CT molecular complexity index is 1120. The Morgan fingerprint density at radius 3 is 2.75 bits per heavy atom. The number of hydrogen-bond donors (Lipinski definition) is 2. The van der Waals surface area contributed by atoms with Crippen LogP contribution in [0.4, 0.5) is 10.1 Å². The molecule has 0 amide bonds. The normalized spacial score (nSPS) is 18.8. The average molecular weight is 346 g/mol. The number of nitrogens with one attached hydrogen (secondary N) is 2. The molecule has 6 nitrogen and oxygen atoms in total. The molecular weight excluding hydrogens is 335 g/mol. The molecular formula is C16H11FN2O4S. The summed E-state index contributed by atoms with van der Waals surface area (Å²) in [5.74, 6) is -0.575. The molecule has 0 radical (unpaired) electrons. The van der Waals surface area contributed by atoms with Gasteiger partial charge in [0.05, 0.1) is 16.6 Å². The predicted molar refractivity (Wildman–Crippen MR) is 85.6 cm³/mol. The van der Waals surface area contributed by atoms with E-state index in [0.717, 1.165) is 6.07 Å². The summed E-state index contributed by atoms with van der Waals surface area (Å²) >= 11 is 0. The maximum absolute atomic E-state index is 13.4. The molecule has 2 N–H and O–H groups in total. The number of fused-ring (bicyclic) bond motifs is 2. The SMILES string of the molecule is O=c1c([C@H]2Nc3ccccc3S(=O)(=O)N2)coc2ccc(F)cc12. The molecule has 24 heavy (non-hydrogen) atoms. The van der Waals surface area contributed by atoms with Crippen molar-refractivity contribution >= 4 is 26.7 Å². The Morgan fingerprint density at radius 1 is 1.12 bits per heavy atom. The third-order valence-corrected chi connectivity index (χ3v) is 5.30. The highest BCUT2D eigenvalue weighted by molar-refractivity contribution is 7.89. The Labute approximate surface area is 136 Å². The van der Waals surface area contributed by atoms with Crippen LogP contribution in [-0.4, -0.2) is 8.42 Å². The maximum Gasteiger partial charge on any atom is 0.244 e. The van der Waals surface area contributed by atoms with Gasteiger partial charge in [-0.25, -0.2) is 12.8 Å². The van der Waals surface area contributed by atoms with Crippen molar-refractivity contribution in [1.29, 1.82) is 0 Å². The largest absolute Gasteiger partial charge is 0.464 e. The maximum atomic E-state index is 13.4. The summed E-state index contributed by atoms with van der Waals surface area (Å²) in [6.07, 6.45) is 0.172. The Hall–Kier alpha value is -2.71. The van der Waals surface area contributed by atoms with Gasteiger partial charge in [0.2, 0.25) is 10.0 Å². The fraction of sp³-hybridized carbons (Fsp3) is 0.0625. The first kappa shape index (κ1) is 14.9. The van der Waals surface area contributed by atoms with Crippen molar-refractivity contribution < 1.29 is 17.2 Å². The minimum absolute atomic E-state index is 0.0474. The lowest BCUT2D eigenvalue weighted by Crippen LogP contribution is -2.40. The van der Waals surface area contributed by atoms with Gasteiger partial charge < -0.3 is 9.73 Å². The minimum Gasteiger partial charge on any atom is -0.464 e. The van der Waals surface area contributed by atoms with Crippen molar-refractivity contribution in [2.45, 2.75) is 11.1 Å².